The minimum atomic E-state index is -3.98. The largest absolute Gasteiger partial charge is 0.355 e. The van der Waals surface area contributed by atoms with Crippen molar-refractivity contribution in [1.82, 2.24) is 10.2 Å². The Morgan fingerprint density at radius 2 is 1.72 bits per heavy atom. The summed E-state index contributed by atoms with van der Waals surface area (Å²) < 4.78 is 39.9. The average molecular weight is 484 g/mol. The average Bonchev–Trinajstić information content (AvgIpc) is 2.73. The SMILES string of the molecule is CCNC(=O)[C@@H](CC)N(Cc1ccc(Cl)cc1)C(=O)CN(c1ccccc1F)S(C)(=O)=O. The minimum absolute atomic E-state index is 0.0561. The van der Waals surface area contributed by atoms with E-state index in [1.165, 1.54) is 23.1 Å². The van der Waals surface area contributed by atoms with Crippen molar-refractivity contribution in [2.24, 2.45) is 0 Å². The van der Waals surface area contributed by atoms with E-state index in [0.717, 1.165) is 12.3 Å². The van der Waals surface area contributed by atoms with E-state index in [4.69, 9.17) is 11.6 Å². The molecule has 1 N–H and O–H groups in total. The van der Waals surface area contributed by atoms with Gasteiger partial charge in [0.05, 0.1) is 11.9 Å². The van der Waals surface area contributed by atoms with Crippen LogP contribution in [0.25, 0.3) is 0 Å². The Morgan fingerprint density at radius 1 is 1.09 bits per heavy atom. The van der Waals surface area contributed by atoms with Gasteiger partial charge in [0.2, 0.25) is 21.8 Å². The van der Waals surface area contributed by atoms with Gasteiger partial charge in [-0.3, -0.25) is 13.9 Å². The number of likely N-dealkylation sites (N-methyl/N-ethyl adjacent to an activating group) is 1. The molecule has 2 rings (SSSR count). The first kappa shape index (κ1) is 25.6. The fourth-order valence-corrected chi connectivity index (χ4v) is 4.22. The van der Waals surface area contributed by atoms with Crippen molar-refractivity contribution in [1.29, 1.82) is 0 Å². The number of halogens is 2. The van der Waals surface area contributed by atoms with Gasteiger partial charge in [0.25, 0.3) is 0 Å². The van der Waals surface area contributed by atoms with Gasteiger partial charge >= 0.3 is 0 Å². The van der Waals surface area contributed by atoms with Crippen LogP contribution < -0.4 is 9.62 Å². The molecule has 1 atom stereocenters. The number of nitrogens with zero attached hydrogens (tertiary/aromatic N) is 2. The molecule has 0 bridgehead atoms. The first-order valence-electron chi connectivity index (χ1n) is 10.1. The predicted octanol–water partition coefficient (Wildman–Crippen LogP) is 3.19. The maximum absolute atomic E-state index is 14.4. The zero-order valence-corrected chi connectivity index (χ0v) is 19.8. The summed E-state index contributed by atoms with van der Waals surface area (Å²) >= 11 is 5.94. The number of sulfonamides is 1. The van der Waals surface area contributed by atoms with Crippen molar-refractivity contribution >= 4 is 39.1 Å². The van der Waals surface area contributed by atoms with Crippen LogP contribution in [0.5, 0.6) is 0 Å². The van der Waals surface area contributed by atoms with Gasteiger partial charge in [-0.25, -0.2) is 12.8 Å². The fourth-order valence-electron chi connectivity index (χ4n) is 3.25. The van der Waals surface area contributed by atoms with E-state index >= 15 is 0 Å². The van der Waals surface area contributed by atoms with E-state index in [9.17, 15) is 22.4 Å². The maximum atomic E-state index is 14.4. The van der Waals surface area contributed by atoms with E-state index in [-0.39, 0.29) is 18.1 Å². The number of benzene rings is 2. The van der Waals surface area contributed by atoms with Crippen molar-refractivity contribution in [3.63, 3.8) is 0 Å². The van der Waals surface area contributed by atoms with Gasteiger partial charge in [0.1, 0.15) is 18.4 Å². The molecule has 0 saturated heterocycles. The molecule has 0 aromatic heterocycles. The van der Waals surface area contributed by atoms with Crippen molar-refractivity contribution in [3.8, 4) is 0 Å². The Bertz CT molecular complexity index is 1050. The monoisotopic (exact) mass is 483 g/mol. The molecule has 0 aliphatic carbocycles. The molecule has 32 heavy (non-hydrogen) atoms. The van der Waals surface area contributed by atoms with Crippen LogP contribution in [-0.4, -0.2) is 50.5 Å². The molecule has 0 saturated carbocycles. The normalized spacial score (nSPS) is 12.2. The van der Waals surface area contributed by atoms with E-state index < -0.39 is 34.3 Å². The lowest BCUT2D eigenvalue weighted by molar-refractivity contribution is -0.140. The summed E-state index contributed by atoms with van der Waals surface area (Å²) in [6, 6.07) is 11.2. The summed E-state index contributed by atoms with van der Waals surface area (Å²) in [5, 5.41) is 3.22. The van der Waals surface area contributed by atoms with Gasteiger partial charge in [0.15, 0.2) is 0 Å². The molecule has 10 heteroatoms. The van der Waals surface area contributed by atoms with Crippen LogP contribution >= 0.6 is 11.6 Å². The number of rotatable bonds is 10. The van der Waals surface area contributed by atoms with Gasteiger partial charge in [-0.2, -0.15) is 0 Å². The Morgan fingerprint density at radius 3 is 2.25 bits per heavy atom. The molecule has 0 aliphatic rings. The highest BCUT2D eigenvalue weighted by atomic mass is 35.5. The zero-order valence-electron chi connectivity index (χ0n) is 18.2. The predicted molar refractivity (Wildman–Crippen MR) is 123 cm³/mol. The summed E-state index contributed by atoms with van der Waals surface area (Å²) in [7, 11) is -3.98. The van der Waals surface area contributed by atoms with Gasteiger partial charge in [-0.05, 0) is 43.2 Å². The van der Waals surface area contributed by atoms with E-state index in [1.807, 2.05) is 0 Å². The molecule has 174 valence electrons. The molecule has 0 spiro atoms. The second kappa shape index (κ2) is 11.3. The lowest BCUT2D eigenvalue weighted by Gasteiger charge is -2.32. The molecule has 0 heterocycles. The van der Waals surface area contributed by atoms with Gasteiger partial charge in [-0.1, -0.05) is 42.8 Å². The topological polar surface area (TPSA) is 86.8 Å². The standard InChI is InChI=1S/C22H27ClFN3O4S/c1-4-19(22(29)25-5-2)26(14-16-10-12-17(23)13-11-16)21(28)15-27(32(3,30)31)20-9-7-6-8-18(20)24/h6-13,19H,4-5,14-15H2,1-3H3,(H,25,29)/t19-/m1/s1. The Kier molecular flexibility index (Phi) is 9.03. The van der Waals surface area contributed by atoms with E-state index in [0.29, 0.717) is 27.9 Å². The molecule has 7 nitrogen and oxygen atoms in total. The lowest BCUT2D eigenvalue weighted by atomic mass is 10.1. The molecule has 0 aliphatic heterocycles. The molecule has 0 radical (unpaired) electrons. The van der Waals surface area contributed by atoms with Crippen LogP contribution in [0.1, 0.15) is 25.8 Å². The molecular weight excluding hydrogens is 457 g/mol. The summed E-state index contributed by atoms with van der Waals surface area (Å²) in [5.74, 6) is -1.76. The van der Waals surface area contributed by atoms with Crippen molar-refractivity contribution < 1.29 is 22.4 Å². The third-order valence-electron chi connectivity index (χ3n) is 4.80. The van der Waals surface area contributed by atoms with Crippen LogP contribution in [-0.2, 0) is 26.2 Å². The number of anilines is 1. The quantitative estimate of drug-likeness (QED) is 0.562. The molecule has 0 fully saturated rings. The van der Waals surface area contributed by atoms with E-state index in [2.05, 4.69) is 5.32 Å². The van der Waals surface area contributed by atoms with Crippen molar-refractivity contribution in [2.45, 2.75) is 32.9 Å². The molecule has 0 unspecified atom stereocenters. The third-order valence-corrected chi connectivity index (χ3v) is 6.18. The number of nitrogens with one attached hydrogen (secondary N) is 1. The number of carbonyl (C=O) groups is 2. The molecule has 2 aromatic rings. The Hall–Kier alpha value is -2.65. The lowest BCUT2D eigenvalue weighted by Crippen LogP contribution is -2.52. The molecular formula is C22H27ClFN3O4S. The highest BCUT2D eigenvalue weighted by Gasteiger charge is 2.32. The summed E-state index contributed by atoms with van der Waals surface area (Å²) in [4.78, 5) is 27.3. The highest BCUT2D eigenvalue weighted by molar-refractivity contribution is 7.92. The second-order valence-electron chi connectivity index (χ2n) is 7.19. The van der Waals surface area contributed by atoms with Gasteiger partial charge in [0, 0.05) is 18.1 Å². The van der Waals surface area contributed by atoms with Crippen LogP contribution in [0.3, 0.4) is 0 Å². The van der Waals surface area contributed by atoms with Crippen molar-refractivity contribution in [3.05, 3.63) is 64.9 Å². The smallest absolute Gasteiger partial charge is 0.244 e. The second-order valence-corrected chi connectivity index (χ2v) is 9.53. The summed E-state index contributed by atoms with van der Waals surface area (Å²) in [6.45, 7) is 3.31. The van der Waals surface area contributed by atoms with Gasteiger partial charge < -0.3 is 10.2 Å². The Labute approximate surface area is 193 Å². The molecule has 2 aromatic carbocycles. The Balaban J connectivity index is 2.43. The number of amides is 2. The van der Waals surface area contributed by atoms with E-state index in [1.54, 1.807) is 38.1 Å². The van der Waals surface area contributed by atoms with Crippen molar-refractivity contribution in [2.75, 3.05) is 23.7 Å². The first-order chi connectivity index (χ1) is 15.1. The first-order valence-corrected chi connectivity index (χ1v) is 12.3. The van der Waals surface area contributed by atoms with Crippen LogP contribution in [0.2, 0.25) is 5.02 Å². The zero-order chi connectivity index (χ0) is 23.9. The number of para-hydroxylation sites is 1. The van der Waals surface area contributed by atoms with Gasteiger partial charge in [-0.15, -0.1) is 0 Å². The summed E-state index contributed by atoms with van der Waals surface area (Å²) in [6.07, 6.45) is 1.21. The van der Waals surface area contributed by atoms with Crippen LogP contribution in [0.15, 0.2) is 48.5 Å². The number of hydrogen-bond donors (Lipinski definition) is 1. The van der Waals surface area contributed by atoms with Crippen LogP contribution in [0.4, 0.5) is 10.1 Å². The summed E-state index contributed by atoms with van der Waals surface area (Å²) in [5.41, 5.74) is 0.475. The maximum Gasteiger partial charge on any atom is 0.244 e. The number of carbonyl (C=O) groups excluding carboxylic acids is 2. The number of hydrogen-bond acceptors (Lipinski definition) is 4. The highest BCUT2D eigenvalue weighted by Crippen LogP contribution is 2.23. The molecule has 2 amide bonds. The third kappa shape index (κ3) is 6.67. The van der Waals surface area contributed by atoms with Crippen LogP contribution in [0, 0.1) is 5.82 Å². The minimum Gasteiger partial charge on any atom is -0.355 e. The fraction of sp³-hybridized carbons (Fsp3) is 0.364.